The summed E-state index contributed by atoms with van der Waals surface area (Å²) < 4.78 is 18.3. The monoisotopic (exact) mass is 210 g/mol. The number of halogens is 1. The molecule has 0 spiro atoms. The van der Waals surface area contributed by atoms with Crippen LogP contribution in [0.4, 0.5) is 20.6 Å². The van der Waals surface area contributed by atoms with Crippen LogP contribution in [0.2, 0.25) is 0 Å². The molecule has 1 amide bonds. The minimum absolute atomic E-state index is 0.157. The molecule has 0 radical (unpaired) electrons. The van der Waals surface area contributed by atoms with Crippen LogP contribution in [-0.4, -0.2) is 18.7 Å². The number of nitrogens with zero attached hydrogens (tertiary/aromatic N) is 1. The van der Waals surface area contributed by atoms with Crippen LogP contribution >= 0.6 is 0 Å². The molecule has 1 unspecified atom stereocenters. The van der Waals surface area contributed by atoms with Crippen LogP contribution in [-0.2, 0) is 4.74 Å². The largest absolute Gasteiger partial charge is 0.447 e. The van der Waals surface area contributed by atoms with Crippen molar-refractivity contribution in [2.24, 2.45) is 0 Å². The highest BCUT2D eigenvalue weighted by Gasteiger charge is 2.32. The average Bonchev–Trinajstić information content (AvgIpc) is 2.48. The van der Waals surface area contributed by atoms with Crippen molar-refractivity contribution >= 4 is 17.5 Å². The van der Waals surface area contributed by atoms with E-state index in [-0.39, 0.29) is 18.3 Å². The zero-order valence-corrected chi connectivity index (χ0v) is 8.24. The number of nitrogens with two attached hydrogens (primary N) is 1. The van der Waals surface area contributed by atoms with E-state index >= 15 is 0 Å². The topological polar surface area (TPSA) is 55.6 Å². The Morgan fingerprint density at radius 2 is 2.33 bits per heavy atom. The highest BCUT2D eigenvalue weighted by molar-refractivity contribution is 5.90. The Kier molecular flexibility index (Phi) is 2.22. The number of hydrogen-bond donors (Lipinski definition) is 1. The number of rotatable bonds is 1. The lowest BCUT2D eigenvalue weighted by Gasteiger charge is -2.18. The number of ether oxygens (including phenoxy) is 1. The smallest absolute Gasteiger partial charge is 0.414 e. The molecular weight excluding hydrogens is 199 g/mol. The van der Waals surface area contributed by atoms with Crippen molar-refractivity contribution < 1.29 is 13.9 Å². The number of carbonyl (C=O) groups is 1. The maximum atomic E-state index is 13.5. The van der Waals surface area contributed by atoms with Gasteiger partial charge in [0.15, 0.2) is 0 Å². The van der Waals surface area contributed by atoms with Gasteiger partial charge in [-0.15, -0.1) is 0 Å². The van der Waals surface area contributed by atoms with Gasteiger partial charge in [-0.2, -0.15) is 0 Å². The van der Waals surface area contributed by atoms with Crippen molar-refractivity contribution in [1.82, 2.24) is 0 Å². The quantitative estimate of drug-likeness (QED) is 0.718. The number of hydrogen-bond acceptors (Lipinski definition) is 3. The first kappa shape index (κ1) is 9.76. The van der Waals surface area contributed by atoms with E-state index in [0.29, 0.717) is 5.69 Å². The minimum atomic E-state index is -0.522. The number of benzene rings is 1. The molecular formula is C10H11FN2O2. The molecule has 1 aliphatic heterocycles. The predicted molar refractivity (Wildman–Crippen MR) is 54.1 cm³/mol. The Hall–Kier alpha value is -1.78. The Morgan fingerprint density at radius 1 is 1.60 bits per heavy atom. The van der Waals surface area contributed by atoms with Crippen molar-refractivity contribution in [3.05, 3.63) is 24.0 Å². The molecule has 15 heavy (non-hydrogen) atoms. The molecule has 0 saturated carbocycles. The number of cyclic esters (lactones) is 1. The summed E-state index contributed by atoms with van der Waals surface area (Å²) in [5, 5.41) is 0. The summed E-state index contributed by atoms with van der Waals surface area (Å²) in [4.78, 5) is 12.6. The maximum Gasteiger partial charge on any atom is 0.414 e. The van der Waals surface area contributed by atoms with Gasteiger partial charge in [0.05, 0.1) is 11.7 Å². The molecule has 2 N–H and O–H groups in total. The molecule has 0 aliphatic carbocycles. The van der Waals surface area contributed by atoms with E-state index in [2.05, 4.69) is 0 Å². The van der Waals surface area contributed by atoms with Gasteiger partial charge in [-0.1, -0.05) is 0 Å². The van der Waals surface area contributed by atoms with Crippen molar-refractivity contribution in [2.45, 2.75) is 13.0 Å². The lowest BCUT2D eigenvalue weighted by Crippen LogP contribution is -2.31. The molecule has 2 rings (SSSR count). The van der Waals surface area contributed by atoms with Gasteiger partial charge in [0.1, 0.15) is 12.4 Å². The standard InChI is InChI=1S/C10H11FN2O2/c1-6-5-15-10(14)13(6)9-3-2-7(12)4-8(9)11/h2-4,6H,5,12H2,1H3. The second kappa shape index (κ2) is 3.42. The van der Waals surface area contributed by atoms with Crippen LogP contribution in [0.1, 0.15) is 6.92 Å². The number of amides is 1. The van der Waals surface area contributed by atoms with Gasteiger partial charge in [0, 0.05) is 5.69 Å². The van der Waals surface area contributed by atoms with E-state index < -0.39 is 11.9 Å². The second-order valence-corrected chi connectivity index (χ2v) is 3.51. The first-order valence-corrected chi connectivity index (χ1v) is 4.60. The summed E-state index contributed by atoms with van der Waals surface area (Å²) in [7, 11) is 0. The summed E-state index contributed by atoms with van der Waals surface area (Å²) >= 11 is 0. The maximum absolute atomic E-state index is 13.5. The molecule has 1 aliphatic rings. The third-order valence-corrected chi connectivity index (χ3v) is 2.32. The average molecular weight is 210 g/mol. The third-order valence-electron chi connectivity index (χ3n) is 2.32. The van der Waals surface area contributed by atoms with E-state index in [0.717, 1.165) is 0 Å². The predicted octanol–water partition coefficient (Wildman–Crippen LogP) is 1.75. The lowest BCUT2D eigenvalue weighted by molar-refractivity contribution is 0.179. The van der Waals surface area contributed by atoms with Gasteiger partial charge in [-0.3, -0.25) is 4.90 Å². The van der Waals surface area contributed by atoms with Gasteiger partial charge in [-0.05, 0) is 25.1 Å². The number of anilines is 2. The van der Waals surface area contributed by atoms with Crippen LogP contribution in [0.5, 0.6) is 0 Å². The molecule has 1 aromatic carbocycles. The molecule has 5 heteroatoms. The Bertz CT molecular complexity index is 408. The molecule has 1 aromatic rings. The Labute approximate surface area is 86.4 Å². The van der Waals surface area contributed by atoms with Crippen LogP contribution in [0.15, 0.2) is 18.2 Å². The Morgan fingerprint density at radius 3 is 2.87 bits per heavy atom. The fraction of sp³-hybridized carbons (Fsp3) is 0.300. The number of nitrogen functional groups attached to an aromatic ring is 1. The minimum Gasteiger partial charge on any atom is -0.447 e. The lowest BCUT2D eigenvalue weighted by atomic mass is 10.2. The van der Waals surface area contributed by atoms with Crippen molar-refractivity contribution in [3.63, 3.8) is 0 Å². The van der Waals surface area contributed by atoms with Crippen LogP contribution in [0.25, 0.3) is 0 Å². The fourth-order valence-electron chi connectivity index (χ4n) is 1.57. The van der Waals surface area contributed by atoms with E-state index in [9.17, 15) is 9.18 Å². The first-order chi connectivity index (χ1) is 7.09. The SMILES string of the molecule is CC1COC(=O)N1c1ccc(N)cc1F. The van der Waals surface area contributed by atoms with E-state index in [4.69, 9.17) is 10.5 Å². The van der Waals surface area contributed by atoms with E-state index in [1.54, 1.807) is 13.0 Å². The van der Waals surface area contributed by atoms with E-state index in [1.165, 1.54) is 17.0 Å². The zero-order chi connectivity index (χ0) is 11.0. The van der Waals surface area contributed by atoms with Crippen LogP contribution < -0.4 is 10.6 Å². The van der Waals surface area contributed by atoms with Crippen molar-refractivity contribution in [3.8, 4) is 0 Å². The molecule has 4 nitrogen and oxygen atoms in total. The van der Waals surface area contributed by atoms with Gasteiger partial charge < -0.3 is 10.5 Å². The highest BCUT2D eigenvalue weighted by Crippen LogP contribution is 2.27. The van der Waals surface area contributed by atoms with Crippen LogP contribution in [0, 0.1) is 5.82 Å². The fourth-order valence-corrected chi connectivity index (χ4v) is 1.57. The molecule has 80 valence electrons. The van der Waals surface area contributed by atoms with Gasteiger partial charge in [0.2, 0.25) is 0 Å². The van der Waals surface area contributed by atoms with Crippen molar-refractivity contribution in [2.75, 3.05) is 17.2 Å². The summed E-state index contributed by atoms with van der Waals surface area (Å²) in [5.41, 5.74) is 5.96. The molecule has 1 saturated heterocycles. The van der Waals surface area contributed by atoms with Gasteiger partial charge in [0.25, 0.3) is 0 Å². The summed E-state index contributed by atoms with van der Waals surface area (Å²) in [5.74, 6) is -0.513. The van der Waals surface area contributed by atoms with Gasteiger partial charge in [-0.25, -0.2) is 9.18 Å². The van der Waals surface area contributed by atoms with Gasteiger partial charge >= 0.3 is 6.09 Å². The summed E-state index contributed by atoms with van der Waals surface area (Å²) in [6.07, 6.45) is -0.522. The van der Waals surface area contributed by atoms with E-state index in [1.807, 2.05) is 0 Å². The Balaban J connectivity index is 2.40. The molecule has 1 atom stereocenters. The summed E-state index contributed by atoms with van der Waals surface area (Å²) in [6, 6.07) is 4.06. The molecule has 1 heterocycles. The molecule has 0 aromatic heterocycles. The highest BCUT2D eigenvalue weighted by atomic mass is 19.1. The third kappa shape index (κ3) is 1.60. The zero-order valence-electron chi connectivity index (χ0n) is 8.24. The molecule has 1 fully saturated rings. The number of carbonyl (C=O) groups excluding carboxylic acids is 1. The van der Waals surface area contributed by atoms with Crippen LogP contribution in [0.3, 0.4) is 0 Å². The normalized spacial score (nSPS) is 20.5. The molecule has 0 bridgehead atoms. The van der Waals surface area contributed by atoms with Crippen molar-refractivity contribution in [1.29, 1.82) is 0 Å². The summed E-state index contributed by atoms with van der Waals surface area (Å²) in [6.45, 7) is 2.07. The first-order valence-electron chi connectivity index (χ1n) is 4.60. The second-order valence-electron chi connectivity index (χ2n) is 3.51.